The van der Waals surface area contributed by atoms with Gasteiger partial charge in [-0.2, -0.15) is 0 Å². The van der Waals surface area contributed by atoms with E-state index in [1.807, 2.05) is 54.7 Å². The van der Waals surface area contributed by atoms with Gasteiger partial charge in [0, 0.05) is 28.3 Å². The van der Waals surface area contributed by atoms with E-state index in [-0.39, 0.29) is 0 Å². The largest absolute Gasteiger partial charge is 0.256 e. The van der Waals surface area contributed by atoms with Crippen LogP contribution in [-0.2, 0) is 6.42 Å². The van der Waals surface area contributed by atoms with Crippen LogP contribution in [-0.4, -0.2) is 19.9 Å². The Bertz CT molecular complexity index is 2500. The maximum atomic E-state index is 5.16. The van der Waals surface area contributed by atoms with Crippen LogP contribution >= 0.6 is 0 Å². The predicted molar refractivity (Wildman–Crippen MR) is 197 cm³/mol. The quantitative estimate of drug-likeness (QED) is 0.194. The highest BCUT2D eigenvalue weighted by Crippen LogP contribution is 2.40. The summed E-state index contributed by atoms with van der Waals surface area (Å²) in [5.74, 6) is 1.90. The molecule has 8 aromatic rings. The zero-order chi connectivity index (χ0) is 31.9. The number of fused-ring (bicyclic) bond motifs is 4. The van der Waals surface area contributed by atoms with Crippen molar-refractivity contribution in [2.75, 3.05) is 0 Å². The van der Waals surface area contributed by atoms with E-state index in [1.165, 1.54) is 27.5 Å². The zero-order valence-electron chi connectivity index (χ0n) is 26.2. The first kappa shape index (κ1) is 28.0. The van der Waals surface area contributed by atoms with Gasteiger partial charge in [0.2, 0.25) is 0 Å². The minimum Gasteiger partial charge on any atom is -0.256 e. The van der Waals surface area contributed by atoms with Crippen LogP contribution in [0, 0.1) is 0 Å². The summed E-state index contributed by atoms with van der Waals surface area (Å²) in [5, 5.41) is 3.63. The summed E-state index contributed by atoms with van der Waals surface area (Å²) in [7, 11) is 0. The van der Waals surface area contributed by atoms with Gasteiger partial charge in [0.25, 0.3) is 0 Å². The number of aromatic nitrogens is 4. The highest BCUT2D eigenvalue weighted by molar-refractivity contribution is 5.97. The standard InChI is InChI=1S/C44H30N4/c1-3-12-29(13-4-1)34-25-35(40-28-31-16-7-8-18-37(31)38-19-9-10-20-39(38)40)27-36(26-34)44-47-42(30-14-5-2-6-15-30)46-43(48-44)33-21-22-41-32(24-33)17-11-23-45-41/h1-8,10-18,20-28H,9,19H2. The number of nitrogens with zero attached hydrogens (tertiary/aromatic N) is 4. The van der Waals surface area contributed by atoms with E-state index < -0.39 is 0 Å². The van der Waals surface area contributed by atoms with E-state index in [0.717, 1.165) is 57.1 Å². The number of allylic oxidation sites excluding steroid dienone is 1. The molecule has 1 aliphatic carbocycles. The fourth-order valence-corrected chi connectivity index (χ4v) is 6.84. The molecule has 2 aromatic heterocycles. The van der Waals surface area contributed by atoms with Crippen molar-refractivity contribution in [3.63, 3.8) is 0 Å². The van der Waals surface area contributed by atoms with Crippen LogP contribution in [0.5, 0.6) is 0 Å². The number of aryl methyl sites for hydroxylation is 1. The highest BCUT2D eigenvalue weighted by atomic mass is 15.0. The lowest BCUT2D eigenvalue weighted by atomic mass is 9.84. The molecule has 0 atom stereocenters. The molecular weight excluding hydrogens is 585 g/mol. The van der Waals surface area contributed by atoms with Crippen LogP contribution in [0.3, 0.4) is 0 Å². The van der Waals surface area contributed by atoms with Gasteiger partial charge in [-0.1, -0.05) is 103 Å². The molecule has 0 saturated carbocycles. The summed E-state index contributed by atoms with van der Waals surface area (Å²) in [6.07, 6.45) is 8.50. The number of pyridine rings is 1. The number of hydrogen-bond acceptors (Lipinski definition) is 4. The summed E-state index contributed by atoms with van der Waals surface area (Å²) in [6, 6.07) is 48.8. The van der Waals surface area contributed by atoms with Crippen molar-refractivity contribution in [2.45, 2.75) is 12.8 Å². The lowest BCUT2D eigenvalue weighted by Crippen LogP contribution is -2.01. The molecule has 226 valence electrons. The van der Waals surface area contributed by atoms with E-state index in [1.54, 1.807) is 0 Å². The Hall–Kier alpha value is -6.26. The van der Waals surface area contributed by atoms with E-state index in [4.69, 9.17) is 15.0 Å². The van der Waals surface area contributed by atoms with Crippen molar-refractivity contribution >= 4 is 27.8 Å². The average molecular weight is 615 g/mol. The normalized spacial score (nSPS) is 12.3. The van der Waals surface area contributed by atoms with Crippen LogP contribution in [0.2, 0.25) is 0 Å². The number of hydrogen-bond donors (Lipinski definition) is 0. The van der Waals surface area contributed by atoms with Gasteiger partial charge < -0.3 is 0 Å². The Morgan fingerprint density at radius 3 is 1.96 bits per heavy atom. The molecular formula is C44H30N4. The third-order valence-electron chi connectivity index (χ3n) is 9.18. The first-order valence-electron chi connectivity index (χ1n) is 16.4. The van der Waals surface area contributed by atoms with Crippen molar-refractivity contribution in [3.8, 4) is 56.4 Å². The summed E-state index contributed by atoms with van der Waals surface area (Å²) in [4.78, 5) is 19.8. The maximum absolute atomic E-state index is 5.16. The first-order chi connectivity index (χ1) is 23.8. The Morgan fingerprint density at radius 1 is 0.458 bits per heavy atom. The molecule has 0 N–H and O–H groups in total. The van der Waals surface area contributed by atoms with Gasteiger partial charge in [0.15, 0.2) is 17.5 Å². The van der Waals surface area contributed by atoms with Gasteiger partial charge in [0.05, 0.1) is 5.52 Å². The van der Waals surface area contributed by atoms with Crippen molar-refractivity contribution < 1.29 is 0 Å². The molecule has 2 heterocycles. The maximum Gasteiger partial charge on any atom is 0.164 e. The second kappa shape index (κ2) is 11.8. The van der Waals surface area contributed by atoms with Crippen LogP contribution < -0.4 is 0 Å². The minimum absolute atomic E-state index is 0.627. The SMILES string of the molecule is C1=Cc2c(-c3cc(-c4ccccc4)cc(-c4nc(-c5ccccc5)nc(-c5ccc6ncccc6c5)n4)c3)cc3ccccc3c2CC1. The zero-order valence-corrected chi connectivity index (χ0v) is 26.2. The third kappa shape index (κ3) is 5.14. The van der Waals surface area contributed by atoms with E-state index in [0.29, 0.717) is 17.5 Å². The number of rotatable bonds is 5. The van der Waals surface area contributed by atoms with Crippen molar-refractivity contribution in [3.05, 3.63) is 163 Å². The fraction of sp³-hybridized carbons (Fsp3) is 0.0455. The summed E-state index contributed by atoms with van der Waals surface area (Å²) >= 11 is 0. The van der Waals surface area contributed by atoms with Crippen molar-refractivity contribution in [1.82, 2.24) is 19.9 Å². The molecule has 6 aromatic carbocycles. The topological polar surface area (TPSA) is 51.6 Å². The molecule has 48 heavy (non-hydrogen) atoms. The molecule has 0 unspecified atom stereocenters. The molecule has 0 aliphatic heterocycles. The lowest BCUT2D eigenvalue weighted by molar-refractivity contribution is 0.998. The van der Waals surface area contributed by atoms with Gasteiger partial charge in [-0.3, -0.25) is 4.98 Å². The molecule has 0 saturated heterocycles. The molecule has 0 amide bonds. The van der Waals surface area contributed by atoms with Crippen LogP contribution in [0.15, 0.2) is 152 Å². The second-order valence-electron chi connectivity index (χ2n) is 12.2. The fourth-order valence-electron chi connectivity index (χ4n) is 6.84. The second-order valence-corrected chi connectivity index (χ2v) is 12.2. The molecule has 1 aliphatic rings. The molecule has 0 spiro atoms. The van der Waals surface area contributed by atoms with Crippen LogP contribution in [0.4, 0.5) is 0 Å². The van der Waals surface area contributed by atoms with Gasteiger partial charge in [-0.15, -0.1) is 0 Å². The van der Waals surface area contributed by atoms with Crippen LogP contribution in [0.1, 0.15) is 17.5 Å². The Labute approximate surface area is 279 Å². The summed E-state index contributed by atoms with van der Waals surface area (Å²) in [5.41, 5.74) is 11.1. The lowest BCUT2D eigenvalue weighted by Gasteiger charge is -2.20. The van der Waals surface area contributed by atoms with E-state index in [2.05, 4.69) is 108 Å². The van der Waals surface area contributed by atoms with Gasteiger partial charge in [-0.05, 0) is 106 Å². The highest BCUT2D eigenvalue weighted by Gasteiger charge is 2.19. The summed E-state index contributed by atoms with van der Waals surface area (Å²) in [6.45, 7) is 0. The van der Waals surface area contributed by atoms with Gasteiger partial charge in [-0.25, -0.2) is 15.0 Å². The Morgan fingerprint density at radius 2 is 1.12 bits per heavy atom. The molecule has 0 radical (unpaired) electrons. The summed E-state index contributed by atoms with van der Waals surface area (Å²) < 4.78 is 0. The molecule has 4 heteroatoms. The van der Waals surface area contributed by atoms with E-state index in [9.17, 15) is 0 Å². The number of benzene rings is 6. The van der Waals surface area contributed by atoms with Gasteiger partial charge in [0.1, 0.15) is 0 Å². The van der Waals surface area contributed by atoms with Crippen LogP contribution in [0.25, 0.3) is 84.2 Å². The van der Waals surface area contributed by atoms with Crippen molar-refractivity contribution in [2.24, 2.45) is 0 Å². The minimum atomic E-state index is 0.627. The van der Waals surface area contributed by atoms with Crippen molar-refractivity contribution in [1.29, 1.82) is 0 Å². The predicted octanol–water partition coefficient (Wildman–Crippen LogP) is 10.9. The third-order valence-corrected chi connectivity index (χ3v) is 9.18. The molecule has 4 nitrogen and oxygen atoms in total. The smallest absolute Gasteiger partial charge is 0.164 e. The average Bonchev–Trinajstić information content (AvgIpc) is 3.17. The molecule has 9 rings (SSSR count). The van der Waals surface area contributed by atoms with E-state index >= 15 is 0 Å². The molecule has 0 bridgehead atoms. The monoisotopic (exact) mass is 614 g/mol. The molecule has 0 fully saturated rings. The Balaban J connectivity index is 1.30. The van der Waals surface area contributed by atoms with Gasteiger partial charge >= 0.3 is 0 Å². The Kier molecular flexibility index (Phi) is 6.90. The first-order valence-corrected chi connectivity index (χ1v) is 16.4.